The second kappa shape index (κ2) is 13.1. The van der Waals surface area contributed by atoms with Gasteiger partial charge in [-0.15, -0.1) is 0 Å². The first-order chi connectivity index (χ1) is 22.7. The van der Waals surface area contributed by atoms with Crippen molar-refractivity contribution < 1.29 is 13.5 Å². The van der Waals surface area contributed by atoms with Gasteiger partial charge in [0, 0.05) is 29.7 Å². The van der Waals surface area contributed by atoms with Crippen molar-refractivity contribution in [1.82, 2.24) is 14.3 Å². The number of hydrogen-bond acceptors (Lipinski definition) is 4. The number of aliphatic hydroxyl groups is 1. The van der Waals surface area contributed by atoms with Crippen molar-refractivity contribution in [2.75, 3.05) is 4.31 Å². The first kappa shape index (κ1) is 31.4. The molecule has 7 nitrogen and oxygen atoms in total. The predicted octanol–water partition coefficient (Wildman–Crippen LogP) is 9.22. The average molecular weight is 686 g/mol. The summed E-state index contributed by atoms with van der Waals surface area (Å²) >= 11 is 12.7. The standard InChI is InChI=1S/C37H34Cl2N4O3S/c38-31-16-19-33(34(39)21-31)35-23-42(22-26-8-17-32(18-9-26)43-24-37(44)41-47(43,45)46)36(40-35)20-25-6-10-28(11-7-25)30-14-12-29(13-15-30)27-4-2-1-3-5-27/h6-19,21,23-24,27,41,44H,1-5,20,22H2. The van der Waals surface area contributed by atoms with E-state index < -0.39 is 16.1 Å². The predicted molar refractivity (Wildman–Crippen MR) is 189 cm³/mol. The molecule has 5 aromatic rings. The first-order valence-electron chi connectivity index (χ1n) is 15.7. The molecular formula is C37H34Cl2N4O3S. The normalized spacial score (nSPS) is 16.2. The van der Waals surface area contributed by atoms with Crippen LogP contribution in [-0.2, 0) is 23.2 Å². The van der Waals surface area contributed by atoms with Crippen molar-refractivity contribution >= 4 is 39.1 Å². The molecule has 0 spiro atoms. The van der Waals surface area contributed by atoms with Crippen LogP contribution in [0.25, 0.3) is 22.4 Å². The van der Waals surface area contributed by atoms with Crippen molar-refractivity contribution in [1.29, 1.82) is 0 Å². The Morgan fingerprint density at radius 2 is 1.49 bits per heavy atom. The highest BCUT2D eigenvalue weighted by Gasteiger charge is 2.28. The van der Waals surface area contributed by atoms with Gasteiger partial charge < -0.3 is 9.67 Å². The summed E-state index contributed by atoms with van der Waals surface area (Å²) in [7, 11) is -3.86. The van der Waals surface area contributed by atoms with E-state index in [1.54, 1.807) is 24.3 Å². The number of halogens is 2. The Bertz CT molecular complexity index is 2040. The second-order valence-corrected chi connectivity index (χ2v) is 14.6. The van der Waals surface area contributed by atoms with Gasteiger partial charge in [0.15, 0.2) is 0 Å². The van der Waals surface area contributed by atoms with Gasteiger partial charge in [0.05, 0.1) is 22.6 Å². The molecule has 1 fully saturated rings. The van der Waals surface area contributed by atoms with Gasteiger partial charge in [0.25, 0.3) is 0 Å². The zero-order valence-corrected chi connectivity index (χ0v) is 27.9. The molecule has 2 N–H and O–H groups in total. The van der Waals surface area contributed by atoms with Crippen LogP contribution in [0.4, 0.5) is 5.69 Å². The minimum atomic E-state index is -3.86. The quantitative estimate of drug-likeness (QED) is 0.171. The number of rotatable bonds is 8. The minimum absolute atomic E-state index is 0.411. The fourth-order valence-electron chi connectivity index (χ4n) is 6.49. The van der Waals surface area contributed by atoms with Crippen molar-refractivity contribution in [2.45, 2.75) is 51.0 Å². The molecule has 7 rings (SSSR count). The summed E-state index contributed by atoms with van der Waals surface area (Å²) in [5.41, 5.74) is 7.86. The molecule has 1 saturated carbocycles. The molecule has 240 valence electrons. The third-order valence-electron chi connectivity index (χ3n) is 8.98. The summed E-state index contributed by atoms with van der Waals surface area (Å²) in [5.74, 6) is 1.13. The monoisotopic (exact) mass is 684 g/mol. The number of nitrogens with zero attached hydrogens (tertiary/aromatic N) is 3. The number of nitrogens with one attached hydrogen (secondary N) is 1. The van der Waals surface area contributed by atoms with Gasteiger partial charge in [-0.2, -0.15) is 8.42 Å². The Kier molecular flexibility index (Phi) is 8.75. The first-order valence-corrected chi connectivity index (χ1v) is 17.9. The van der Waals surface area contributed by atoms with E-state index in [2.05, 4.69) is 57.8 Å². The van der Waals surface area contributed by atoms with Crippen LogP contribution >= 0.6 is 23.2 Å². The maximum Gasteiger partial charge on any atom is 0.330 e. The number of benzene rings is 4. The fraction of sp³-hybridized carbons (Fsp3) is 0.216. The molecular weight excluding hydrogens is 651 g/mol. The molecule has 0 atom stereocenters. The smallest absolute Gasteiger partial charge is 0.330 e. The summed E-state index contributed by atoms with van der Waals surface area (Å²) in [6.45, 7) is 0.505. The van der Waals surface area contributed by atoms with Crippen LogP contribution in [-0.4, -0.2) is 23.1 Å². The molecule has 1 aliphatic heterocycles. The van der Waals surface area contributed by atoms with E-state index in [4.69, 9.17) is 28.2 Å². The van der Waals surface area contributed by atoms with Crippen LogP contribution in [0.1, 0.15) is 60.5 Å². The minimum Gasteiger partial charge on any atom is -0.493 e. The van der Waals surface area contributed by atoms with Gasteiger partial charge >= 0.3 is 10.2 Å². The molecule has 47 heavy (non-hydrogen) atoms. The number of anilines is 1. The molecule has 10 heteroatoms. The Hall–Kier alpha value is -4.24. The van der Waals surface area contributed by atoms with Gasteiger partial charge in [-0.05, 0) is 76.9 Å². The third-order valence-corrected chi connectivity index (χ3v) is 10.8. The van der Waals surface area contributed by atoms with Gasteiger partial charge in [0.1, 0.15) is 5.82 Å². The van der Waals surface area contributed by atoms with E-state index in [1.165, 1.54) is 48.8 Å². The topological polar surface area (TPSA) is 87.5 Å². The van der Waals surface area contributed by atoms with Gasteiger partial charge in [-0.3, -0.25) is 0 Å². The van der Waals surface area contributed by atoms with E-state index >= 15 is 0 Å². The summed E-state index contributed by atoms with van der Waals surface area (Å²) < 4.78 is 29.8. The van der Waals surface area contributed by atoms with Gasteiger partial charge in [-0.25, -0.2) is 14.0 Å². The van der Waals surface area contributed by atoms with Crippen molar-refractivity contribution in [2.24, 2.45) is 0 Å². The third kappa shape index (κ3) is 6.91. The lowest BCUT2D eigenvalue weighted by Gasteiger charge is -2.22. The molecule has 2 aliphatic rings. The van der Waals surface area contributed by atoms with Crippen LogP contribution in [0.2, 0.25) is 10.0 Å². The van der Waals surface area contributed by atoms with Gasteiger partial charge in [0.2, 0.25) is 5.88 Å². The number of hydrogen-bond donors (Lipinski definition) is 2. The molecule has 2 heterocycles. The van der Waals surface area contributed by atoms with Crippen LogP contribution in [0.15, 0.2) is 109 Å². The molecule has 0 bridgehead atoms. The summed E-state index contributed by atoms with van der Waals surface area (Å²) in [5, 5.41) is 10.7. The van der Waals surface area contributed by atoms with E-state index in [1.807, 2.05) is 24.4 Å². The largest absolute Gasteiger partial charge is 0.493 e. The Morgan fingerprint density at radius 3 is 2.13 bits per heavy atom. The highest BCUT2D eigenvalue weighted by molar-refractivity contribution is 7.91. The summed E-state index contributed by atoms with van der Waals surface area (Å²) in [4.78, 5) is 5.01. The summed E-state index contributed by atoms with van der Waals surface area (Å²) in [6, 6.07) is 30.2. The molecule has 0 radical (unpaired) electrons. The van der Waals surface area contributed by atoms with E-state index in [0.29, 0.717) is 34.6 Å². The van der Waals surface area contributed by atoms with Crippen LogP contribution in [0.3, 0.4) is 0 Å². The lowest BCUT2D eigenvalue weighted by molar-refractivity contribution is 0.392. The van der Waals surface area contributed by atoms with Crippen LogP contribution in [0.5, 0.6) is 0 Å². The summed E-state index contributed by atoms with van der Waals surface area (Å²) in [6.07, 6.45) is 10.3. The van der Waals surface area contributed by atoms with E-state index in [9.17, 15) is 13.5 Å². The van der Waals surface area contributed by atoms with Crippen LogP contribution in [0, 0.1) is 0 Å². The van der Waals surface area contributed by atoms with E-state index in [0.717, 1.165) is 38.7 Å². The Labute approximate surface area is 285 Å². The Morgan fingerprint density at radius 1 is 0.830 bits per heavy atom. The second-order valence-electron chi connectivity index (χ2n) is 12.2. The lowest BCUT2D eigenvalue weighted by Crippen LogP contribution is -2.29. The molecule has 0 unspecified atom stereocenters. The molecule has 1 aromatic heterocycles. The maximum atomic E-state index is 12.3. The lowest BCUT2D eigenvalue weighted by atomic mass is 9.83. The highest BCUT2D eigenvalue weighted by atomic mass is 35.5. The SMILES string of the molecule is O=S1(=O)NC(O)=CN1c1ccc(Cn2cc(-c3ccc(Cl)cc3Cl)nc2Cc2ccc(-c3ccc(C4CCCCC4)cc3)cc2)cc1. The average Bonchev–Trinajstić information content (AvgIpc) is 3.59. The molecule has 0 saturated heterocycles. The van der Waals surface area contributed by atoms with Crippen LogP contribution < -0.4 is 9.03 Å². The zero-order valence-electron chi connectivity index (χ0n) is 25.6. The number of imidazole rings is 1. The van der Waals surface area contributed by atoms with Gasteiger partial charge in [-0.1, -0.05) is 103 Å². The molecule has 0 amide bonds. The Balaban J connectivity index is 1.13. The maximum absolute atomic E-state index is 12.3. The van der Waals surface area contributed by atoms with E-state index in [-0.39, 0.29) is 0 Å². The van der Waals surface area contributed by atoms with Crippen molar-refractivity contribution in [3.63, 3.8) is 0 Å². The molecule has 1 aliphatic carbocycles. The highest BCUT2D eigenvalue weighted by Crippen LogP contribution is 2.34. The zero-order chi connectivity index (χ0) is 32.5. The number of aliphatic hydroxyl groups excluding tert-OH is 1. The van der Waals surface area contributed by atoms with Crippen molar-refractivity contribution in [3.05, 3.63) is 142 Å². The van der Waals surface area contributed by atoms with Crippen molar-refractivity contribution in [3.8, 4) is 22.4 Å². The molecule has 4 aromatic carbocycles. The fourth-order valence-corrected chi connectivity index (χ4v) is 8.05. The number of aromatic nitrogens is 2.